The molecule has 5 nitrogen and oxygen atoms in total. The first-order chi connectivity index (χ1) is 11.5. The van der Waals surface area contributed by atoms with Crippen molar-refractivity contribution in [1.29, 1.82) is 0 Å². The lowest BCUT2D eigenvalue weighted by atomic mass is 10.1. The molecule has 24 heavy (non-hydrogen) atoms. The summed E-state index contributed by atoms with van der Waals surface area (Å²) in [5.74, 6) is -0.0432. The van der Waals surface area contributed by atoms with Gasteiger partial charge < -0.3 is 4.90 Å². The van der Waals surface area contributed by atoms with Crippen LogP contribution in [0.5, 0.6) is 0 Å². The molecule has 3 rings (SSSR count). The van der Waals surface area contributed by atoms with Crippen molar-refractivity contribution in [2.24, 2.45) is 0 Å². The van der Waals surface area contributed by atoms with E-state index in [9.17, 15) is 13.2 Å². The highest BCUT2D eigenvalue weighted by atomic mass is 32.2. The number of sulfonamides is 1. The maximum absolute atomic E-state index is 12.8. The maximum atomic E-state index is 12.8. The summed E-state index contributed by atoms with van der Waals surface area (Å²) in [5.41, 5.74) is 0.522. The normalized spacial score (nSPS) is 18.0. The molecule has 7 heteroatoms. The summed E-state index contributed by atoms with van der Waals surface area (Å²) in [6, 6.07) is 10.4. The van der Waals surface area contributed by atoms with Gasteiger partial charge in [-0.2, -0.15) is 0 Å². The second-order valence-corrected chi connectivity index (χ2v) is 8.44. The lowest BCUT2D eigenvalue weighted by Gasteiger charge is -2.24. The van der Waals surface area contributed by atoms with Gasteiger partial charge in [-0.3, -0.25) is 4.79 Å². The Kier molecular flexibility index (Phi) is 5.03. The molecule has 0 spiro atoms. The van der Waals surface area contributed by atoms with Crippen LogP contribution in [0.15, 0.2) is 46.7 Å². The Labute approximate surface area is 146 Å². The number of benzene rings is 1. The maximum Gasteiger partial charge on any atom is 0.254 e. The molecule has 0 bridgehead atoms. The van der Waals surface area contributed by atoms with Crippen molar-refractivity contribution in [3.05, 3.63) is 52.2 Å². The number of hydrogen-bond donors (Lipinski definition) is 1. The smallest absolute Gasteiger partial charge is 0.254 e. The van der Waals surface area contributed by atoms with Crippen molar-refractivity contribution in [2.45, 2.75) is 30.7 Å². The van der Waals surface area contributed by atoms with Gasteiger partial charge in [-0.05, 0) is 48.6 Å². The summed E-state index contributed by atoms with van der Waals surface area (Å²) < 4.78 is 26.4. The standard InChI is InChI=1S/C17H20N2O3S2/c1-2-18-24(21,22)14-9-7-13(8-10-14)17(20)19-11-3-5-15(19)16-6-4-12-23-16/h4,6-10,12,15,18H,2-3,5,11H2,1H3/t15-/m1/s1. The van der Waals surface area contributed by atoms with Gasteiger partial charge in [-0.15, -0.1) is 11.3 Å². The fourth-order valence-electron chi connectivity index (χ4n) is 3.00. The number of hydrogen-bond acceptors (Lipinski definition) is 4. The summed E-state index contributed by atoms with van der Waals surface area (Å²) in [5, 5.41) is 2.02. The van der Waals surface area contributed by atoms with Crippen LogP contribution in [0, 0.1) is 0 Å². The molecular formula is C17H20N2O3S2. The molecule has 0 unspecified atom stereocenters. The number of likely N-dealkylation sites (tertiary alicyclic amines) is 1. The molecule has 1 aliphatic rings. The van der Waals surface area contributed by atoms with E-state index in [2.05, 4.69) is 10.8 Å². The van der Waals surface area contributed by atoms with Crippen LogP contribution in [0.4, 0.5) is 0 Å². The molecule has 1 atom stereocenters. The van der Waals surface area contributed by atoms with Crippen LogP contribution in [0.3, 0.4) is 0 Å². The fourth-order valence-corrected chi connectivity index (χ4v) is 4.92. The van der Waals surface area contributed by atoms with Crippen molar-refractivity contribution in [3.63, 3.8) is 0 Å². The first kappa shape index (κ1) is 17.1. The molecule has 1 saturated heterocycles. The molecule has 1 aliphatic heterocycles. The highest BCUT2D eigenvalue weighted by Gasteiger charge is 2.31. The average molecular weight is 364 g/mol. The quantitative estimate of drug-likeness (QED) is 0.887. The Bertz CT molecular complexity index is 799. The predicted octanol–water partition coefficient (Wildman–Crippen LogP) is 3.02. The van der Waals surface area contributed by atoms with E-state index in [1.54, 1.807) is 30.4 Å². The number of carbonyl (C=O) groups is 1. The van der Waals surface area contributed by atoms with Crippen molar-refractivity contribution in [2.75, 3.05) is 13.1 Å². The molecule has 2 heterocycles. The summed E-state index contributed by atoms with van der Waals surface area (Å²) >= 11 is 1.67. The highest BCUT2D eigenvalue weighted by molar-refractivity contribution is 7.89. The third-order valence-electron chi connectivity index (χ3n) is 4.13. The molecule has 0 aliphatic carbocycles. The van der Waals surface area contributed by atoms with Gasteiger partial charge in [0.1, 0.15) is 0 Å². The van der Waals surface area contributed by atoms with Crippen LogP contribution >= 0.6 is 11.3 Å². The van der Waals surface area contributed by atoms with Gasteiger partial charge in [0.05, 0.1) is 10.9 Å². The van der Waals surface area contributed by atoms with Gasteiger partial charge in [0.2, 0.25) is 10.0 Å². The molecule has 2 aromatic rings. The Morgan fingerprint density at radius 3 is 2.67 bits per heavy atom. The molecule has 0 radical (unpaired) electrons. The van der Waals surface area contributed by atoms with E-state index in [-0.39, 0.29) is 16.8 Å². The van der Waals surface area contributed by atoms with Gasteiger partial charge >= 0.3 is 0 Å². The van der Waals surface area contributed by atoms with E-state index < -0.39 is 10.0 Å². The first-order valence-electron chi connectivity index (χ1n) is 7.97. The second-order valence-electron chi connectivity index (χ2n) is 5.70. The zero-order chi connectivity index (χ0) is 17.2. The van der Waals surface area contributed by atoms with E-state index in [4.69, 9.17) is 0 Å². The number of nitrogens with one attached hydrogen (secondary N) is 1. The average Bonchev–Trinajstić information content (AvgIpc) is 3.25. The topological polar surface area (TPSA) is 66.5 Å². The third kappa shape index (κ3) is 3.38. The van der Waals surface area contributed by atoms with Crippen LogP contribution < -0.4 is 4.72 Å². The van der Waals surface area contributed by atoms with Crippen LogP contribution in [0.2, 0.25) is 0 Å². The van der Waals surface area contributed by atoms with E-state index in [0.717, 1.165) is 19.4 Å². The van der Waals surface area contributed by atoms with Gasteiger partial charge in [-0.25, -0.2) is 13.1 Å². The van der Waals surface area contributed by atoms with Crippen LogP contribution in [-0.4, -0.2) is 32.3 Å². The van der Waals surface area contributed by atoms with Crippen molar-refractivity contribution in [1.82, 2.24) is 9.62 Å². The largest absolute Gasteiger partial charge is 0.331 e. The Morgan fingerprint density at radius 2 is 2.04 bits per heavy atom. The van der Waals surface area contributed by atoms with Crippen molar-refractivity contribution < 1.29 is 13.2 Å². The van der Waals surface area contributed by atoms with Crippen molar-refractivity contribution in [3.8, 4) is 0 Å². The molecule has 0 saturated carbocycles. The number of thiophene rings is 1. The van der Waals surface area contributed by atoms with Crippen molar-refractivity contribution >= 4 is 27.3 Å². The summed E-state index contributed by atoms with van der Waals surface area (Å²) in [6.07, 6.45) is 1.96. The summed E-state index contributed by atoms with van der Waals surface area (Å²) in [4.78, 5) is 16.1. The summed E-state index contributed by atoms with van der Waals surface area (Å²) in [6.45, 7) is 2.80. The Balaban J connectivity index is 1.80. The van der Waals surface area contributed by atoms with Gasteiger partial charge in [-0.1, -0.05) is 13.0 Å². The van der Waals surface area contributed by atoms with E-state index in [1.807, 2.05) is 16.3 Å². The Morgan fingerprint density at radius 1 is 1.29 bits per heavy atom. The fraction of sp³-hybridized carbons (Fsp3) is 0.353. The van der Waals surface area contributed by atoms with E-state index in [1.165, 1.54) is 17.0 Å². The molecule has 1 aromatic carbocycles. The highest BCUT2D eigenvalue weighted by Crippen LogP contribution is 2.35. The zero-order valence-electron chi connectivity index (χ0n) is 13.4. The zero-order valence-corrected chi connectivity index (χ0v) is 15.1. The van der Waals surface area contributed by atoms with E-state index in [0.29, 0.717) is 12.1 Å². The molecule has 1 fully saturated rings. The summed E-state index contributed by atoms with van der Waals surface area (Å²) in [7, 11) is -3.49. The van der Waals surface area contributed by atoms with Crippen LogP contribution in [0.1, 0.15) is 41.0 Å². The molecule has 1 aromatic heterocycles. The van der Waals surface area contributed by atoms with Crippen LogP contribution in [-0.2, 0) is 10.0 Å². The van der Waals surface area contributed by atoms with Gasteiger partial charge in [0.25, 0.3) is 5.91 Å². The van der Waals surface area contributed by atoms with E-state index >= 15 is 0 Å². The second kappa shape index (κ2) is 7.04. The predicted molar refractivity (Wildman–Crippen MR) is 94.6 cm³/mol. The number of nitrogens with zero attached hydrogens (tertiary/aromatic N) is 1. The first-order valence-corrected chi connectivity index (χ1v) is 10.3. The molecule has 1 amide bonds. The lowest BCUT2D eigenvalue weighted by Crippen LogP contribution is -2.30. The van der Waals surface area contributed by atoms with Gasteiger partial charge in [0, 0.05) is 23.5 Å². The molecular weight excluding hydrogens is 344 g/mol. The minimum Gasteiger partial charge on any atom is -0.331 e. The monoisotopic (exact) mass is 364 g/mol. The SMILES string of the molecule is CCNS(=O)(=O)c1ccc(C(=O)N2CCC[C@@H]2c2cccs2)cc1. The minimum absolute atomic E-state index is 0.0432. The van der Waals surface area contributed by atoms with Gasteiger partial charge in [0.15, 0.2) is 0 Å². The Hall–Kier alpha value is -1.70. The van der Waals surface area contributed by atoms with Crippen LogP contribution in [0.25, 0.3) is 0 Å². The number of amides is 1. The third-order valence-corrected chi connectivity index (χ3v) is 6.67. The minimum atomic E-state index is -3.49. The number of carbonyl (C=O) groups excluding carboxylic acids is 1. The molecule has 128 valence electrons. The number of rotatable bonds is 5. The lowest BCUT2D eigenvalue weighted by molar-refractivity contribution is 0.0738. The molecule has 1 N–H and O–H groups in total.